The number of hydrogen-bond acceptors (Lipinski definition) is 8. The van der Waals surface area contributed by atoms with E-state index in [0.29, 0.717) is 5.75 Å². The Hall–Kier alpha value is -2.86. The fourth-order valence-electron chi connectivity index (χ4n) is 2.74. The van der Waals surface area contributed by atoms with Gasteiger partial charge in [-0.3, -0.25) is 4.55 Å². The first-order valence-electron chi connectivity index (χ1n) is 9.43. The van der Waals surface area contributed by atoms with Crippen molar-refractivity contribution in [1.29, 1.82) is 0 Å². The highest BCUT2D eigenvalue weighted by Gasteiger charge is 2.28. The van der Waals surface area contributed by atoms with E-state index in [-0.39, 0.29) is 24.6 Å². The van der Waals surface area contributed by atoms with E-state index in [0.717, 1.165) is 21.1 Å². The molecular weight excluding hydrogens is 461 g/mol. The van der Waals surface area contributed by atoms with Crippen molar-refractivity contribution in [2.45, 2.75) is 26.6 Å². The average molecular weight is 482 g/mol. The van der Waals surface area contributed by atoms with Gasteiger partial charge in [-0.05, 0) is 55.8 Å². The molecule has 0 bridgehead atoms. The zero-order valence-electron chi connectivity index (χ0n) is 17.1. The number of halogens is 1. The van der Waals surface area contributed by atoms with Gasteiger partial charge < -0.3 is 9.47 Å². The van der Waals surface area contributed by atoms with Crippen molar-refractivity contribution in [1.82, 2.24) is 4.98 Å². The molecule has 1 unspecified atom stereocenters. The fourth-order valence-corrected chi connectivity index (χ4v) is 4.15. The van der Waals surface area contributed by atoms with Crippen molar-refractivity contribution >= 4 is 27.7 Å². The molecule has 0 radical (unpaired) electrons. The number of benzene rings is 2. The molecule has 11 heteroatoms. The summed E-state index contributed by atoms with van der Waals surface area (Å²) in [6, 6.07) is 12.0. The second-order valence-electron chi connectivity index (χ2n) is 6.55. The SMILES string of the molecule is CCOC(=O)C(OS(=O)(=O)O)c1ccc(OCc2sc(-c3ccc(F)cc3)nc2C)cc1. The molecule has 32 heavy (non-hydrogen) atoms. The number of hydrogen-bond donors (Lipinski definition) is 1. The molecule has 0 fully saturated rings. The number of carbonyl (C=O) groups excluding carboxylic acids is 1. The van der Waals surface area contributed by atoms with E-state index in [1.165, 1.54) is 47.7 Å². The smallest absolute Gasteiger partial charge is 0.398 e. The number of nitrogens with zero attached hydrogens (tertiary/aromatic N) is 1. The Labute approximate surface area is 188 Å². The van der Waals surface area contributed by atoms with Crippen molar-refractivity contribution in [3.63, 3.8) is 0 Å². The Bertz CT molecular complexity index is 1180. The number of rotatable bonds is 9. The van der Waals surface area contributed by atoms with Crippen molar-refractivity contribution in [2.75, 3.05) is 6.61 Å². The van der Waals surface area contributed by atoms with E-state index < -0.39 is 22.5 Å². The molecule has 1 aromatic heterocycles. The minimum atomic E-state index is -4.88. The molecule has 170 valence electrons. The highest BCUT2D eigenvalue weighted by atomic mass is 32.3. The van der Waals surface area contributed by atoms with E-state index in [1.54, 1.807) is 19.1 Å². The molecule has 0 aliphatic carbocycles. The minimum absolute atomic E-state index is 0.0134. The van der Waals surface area contributed by atoms with Gasteiger partial charge in [0, 0.05) is 5.56 Å². The first-order valence-corrected chi connectivity index (χ1v) is 11.6. The van der Waals surface area contributed by atoms with Gasteiger partial charge in [-0.1, -0.05) is 12.1 Å². The lowest BCUT2D eigenvalue weighted by molar-refractivity contribution is -0.152. The molecule has 0 amide bonds. The monoisotopic (exact) mass is 481 g/mol. The first-order chi connectivity index (χ1) is 15.2. The Morgan fingerprint density at radius 2 is 1.81 bits per heavy atom. The summed E-state index contributed by atoms with van der Waals surface area (Å²) in [6.45, 7) is 3.65. The second-order valence-corrected chi connectivity index (χ2v) is 8.68. The van der Waals surface area contributed by atoms with Crippen LogP contribution in [0.4, 0.5) is 4.39 Å². The van der Waals surface area contributed by atoms with Crippen LogP contribution in [0.1, 0.15) is 29.2 Å². The van der Waals surface area contributed by atoms with Gasteiger partial charge in [-0.2, -0.15) is 8.42 Å². The predicted octanol–water partition coefficient (Wildman–Crippen LogP) is 4.26. The maximum Gasteiger partial charge on any atom is 0.398 e. The van der Waals surface area contributed by atoms with Crippen LogP contribution in [0.5, 0.6) is 5.75 Å². The molecule has 1 N–H and O–H groups in total. The van der Waals surface area contributed by atoms with Crippen LogP contribution < -0.4 is 4.74 Å². The zero-order chi connectivity index (χ0) is 23.3. The molecule has 0 saturated carbocycles. The summed E-state index contributed by atoms with van der Waals surface area (Å²) in [6.07, 6.45) is -1.64. The molecule has 1 atom stereocenters. The number of aromatic nitrogens is 1. The standard InChI is InChI=1S/C21H20FNO7S2/c1-3-28-21(24)19(30-32(25,26)27)14-6-10-17(11-7-14)29-12-18-13(2)23-20(31-18)15-4-8-16(22)9-5-15/h4-11,19H,3,12H2,1-2H3,(H,25,26,27). The zero-order valence-corrected chi connectivity index (χ0v) is 18.8. The lowest BCUT2D eigenvalue weighted by Gasteiger charge is -2.15. The Morgan fingerprint density at radius 3 is 2.41 bits per heavy atom. The number of carbonyl (C=O) groups is 1. The van der Waals surface area contributed by atoms with Gasteiger partial charge >= 0.3 is 16.4 Å². The van der Waals surface area contributed by atoms with Gasteiger partial charge in [-0.25, -0.2) is 18.4 Å². The average Bonchev–Trinajstić information content (AvgIpc) is 3.11. The summed E-state index contributed by atoms with van der Waals surface area (Å²) in [5.41, 5.74) is 1.76. The maximum atomic E-state index is 13.1. The number of esters is 1. The van der Waals surface area contributed by atoms with E-state index >= 15 is 0 Å². The molecule has 2 aromatic carbocycles. The quantitative estimate of drug-likeness (QED) is 0.356. The van der Waals surface area contributed by atoms with Crippen molar-refractivity contribution < 1.29 is 35.8 Å². The molecular formula is C21H20FNO7S2. The van der Waals surface area contributed by atoms with Crippen LogP contribution >= 0.6 is 11.3 Å². The van der Waals surface area contributed by atoms with Gasteiger partial charge in [0.25, 0.3) is 0 Å². The summed E-state index contributed by atoms with van der Waals surface area (Å²) in [7, 11) is -4.88. The van der Waals surface area contributed by atoms with Crippen molar-refractivity contribution in [3.05, 3.63) is 70.5 Å². The maximum absolute atomic E-state index is 13.1. The molecule has 0 spiro atoms. The van der Waals surface area contributed by atoms with Gasteiger partial charge in [0.15, 0.2) is 0 Å². The van der Waals surface area contributed by atoms with Gasteiger partial charge in [0.05, 0.1) is 17.2 Å². The van der Waals surface area contributed by atoms with Crippen molar-refractivity contribution in [2.24, 2.45) is 0 Å². The summed E-state index contributed by atoms with van der Waals surface area (Å²) in [4.78, 5) is 17.4. The summed E-state index contributed by atoms with van der Waals surface area (Å²) >= 11 is 1.43. The van der Waals surface area contributed by atoms with Crippen LogP contribution in [-0.2, 0) is 30.7 Å². The molecule has 3 aromatic rings. The van der Waals surface area contributed by atoms with Crippen molar-refractivity contribution in [3.8, 4) is 16.3 Å². The second kappa shape index (κ2) is 10.2. The third-order valence-corrected chi connectivity index (χ3v) is 5.87. The lowest BCUT2D eigenvalue weighted by Crippen LogP contribution is -2.22. The normalized spacial score (nSPS) is 12.4. The fraction of sp³-hybridized carbons (Fsp3) is 0.238. The predicted molar refractivity (Wildman–Crippen MR) is 115 cm³/mol. The van der Waals surface area contributed by atoms with Crippen LogP contribution in [0.3, 0.4) is 0 Å². The first kappa shape index (κ1) is 23.8. The highest BCUT2D eigenvalue weighted by Crippen LogP contribution is 2.29. The van der Waals surface area contributed by atoms with E-state index in [4.69, 9.17) is 14.0 Å². The number of ether oxygens (including phenoxy) is 2. The van der Waals surface area contributed by atoms with E-state index in [1.807, 2.05) is 6.92 Å². The third kappa shape index (κ3) is 6.33. The van der Waals surface area contributed by atoms with E-state index in [2.05, 4.69) is 9.17 Å². The molecule has 3 rings (SSSR count). The third-order valence-electron chi connectivity index (χ3n) is 4.26. The van der Waals surface area contributed by atoms with Crippen LogP contribution in [0.2, 0.25) is 0 Å². The van der Waals surface area contributed by atoms with Gasteiger partial charge in [0.1, 0.15) is 23.2 Å². The molecule has 0 aliphatic heterocycles. The van der Waals surface area contributed by atoms with Gasteiger partial charge in [0.2, 0.25) is 6.10 Å². The summed E-state index contributed by atoms with van der Waals surface area (Å²) < 4.78 is 59.3. The topological polar surface area (TPSA) is 112 Å². The highest BCUT2D eigenvalue weighted by molar-refractivity contribution is 7.80. The molecule has 1 heterocycles. The Balaban J connectivity index is 1.70. The minimum Gasteiger partial charge on any atom is -0.488 e. The largest absolute Gasteiger partial charge is 0.488 e. The van der Waals surface area contributed by atoms with Crippen LogP contribution in [-0.4, -0.2) is 30.5 Å². The van der Waals surface area contributed by atoms with E-state index in [9.17, 15) is 17.6 Å². The van der Waals surface area contributed by atoms with Gasteiger partial charge in [-0.15, -0.1) is 11.3 Å². The Kier molecular flexibility index (Phi) is 7.56. The van der Waals surface area contributed by atoms with Crippen LogP contribution in [0, 0.1) is 12.7 Å². The summed E-state index contributed by atoms with van der Waals surface area (Å²) in [5, 5.41) is 0.746. The molecule has 0 aliphatic rings. The number of aryl methyl sites for hydroxylation is 1. The molecule has 8 nitrogen and oxygen atoms in total. The Morgan fingerprint density at radius 1 is 1.16 bits per heavy atom. The summed E-state index contributed by atoms with van der Waals surface area (Å²) in [5.74, 6) is -0.812. The number of thiazole rings is 1. The van der Waals surface area contributed by atoms with Crippen LogP contribution in [0.15, 0.2) is 48.5 Å². The van der Waals surface area contributed by atoms with Crippen LogP contribution in [0.25, 0.3) is 10.6 Å². The molecule has 0 saturated heterocycles. The lowest BCUT2D eigenvalue weighted by atomic mass is 10.1.